The Morgan fingerprint density at radius 3 is 2.55 bits per heavy atom. The van der Waals surface area contributed by atoms with Gasteiger partial charge in [0.2, 0.25) is 11.8 Å². The van der Waals surface area contributed by atoms with Crippen LogP contribution in [0.15, 0.2) is 65.7 Å². The Morgan fingerprint density at radius 1 is 1.17 bits per heavy atom. The molecular weight excluding hydrogens is 386 g/mol. The molecule has 0 bridgehead atoms. The Bertz CT molecular complexity index is 906. The highest BCUT2D eigenvalue weighted by Crippen LogP contribution is 2.29. The molecule has 1 fully saturated rings. The number of carbonyl (C=O) groups excluding carboxylic acids is 2. The minimum absolute atomic E-state index is 0.0148. The van der Waals surface area contributed by atoms with Crippen LogP contribution in [0.25, 0.3) is 0 Å². The summed E-state index contributed by atoms with van der Waals surface area (Å²) in [4.78, 5) is 34.1. The molecule has 150 valence electrons. The summed E-state index contributed by atoms with van der Waals surface area (Å²) in [6, 6.07) is 19.1. The second-order valence-electron chi connectivity index (χ2n) is 6.76. The quantitative estimate of drug-likeness (QED) is 0.792. The number of hydrazine groups is 1. The van der Waals surface area contributed by atoms with E-state index >= 15 is 0 Å². The molecule has 0 spiro atoms. The summed E-state index contributed by atoms with van der Waals surface area (Å²) in [6.07, 6.45) is -0.309. The van der Waals surface area contributed by atoms with Gasteiger partial charge in [-0.15, -0.1) is 0 Å². The zero-order chi connectivity index (χ0) is 20.2. The molecule has 2 aliphatic heterocycles. The van der Waals surface area contributed by atoms with Gasteiger partial charge in [0.1, 0.15) is 6.17 Å². The average molecular weight is 410 g/mol. The number of fused-ring (bicyclic) bond motifs is 1. The molecule has 8 heteroatoms. The molecular formula is C21H23N5O2S. The van der Waals surface area contributed by atoms with E-state index in [9.17, 15) is 9.59 Å². The summed E-state index contributed by atoms with van der Waals surface area (Å²) < 4.78 is 0. The van der Waals surface area contributed by atoms with Crippen molar-refractivity contribution >= 4 is 40.1 Å². The molecule has 0 aromatic heterocycles. The van der Waals surface area contributed by atoms with Crippen LogP contribution in [-0.4, -0.2) is 42.0 Å². The number of benzene rings is 2. The number of thioether (sulfide) groups is 1. The highest BCUT2D eigenvalue weighted by atomic mass is 32.2. The largest absolute Gasteiger partial charge is 0.312 e. The van der Waals surface area contributed by atoms with Crippen molar-refractivity contribution in [1.82, 2.24) is 10.9 Å². The van der Waals surface area contributed by atoms with Crippen LogP contribution in [0.4, 0.5) is 11.4 Å². The maximum atomic E-state index is 13.1. The number of hydrogen-bond acceptors (Lipinski definition) is 6. The molecule has 7 nitrogen and oxygen atoms in total. The number of para-hydroxylation sites is 2. The maximum absolute atomic E-state index is 13.1. The van der Waals surface area contributed by atoms with Crippen molar-refractivity contribution in [2.24, 2.45) is 10.9 Å². The lowest BCUT2D eigenvalue weighted by Crippen LogP contribution is -2.49. The number of nitrogens with zero attached hydrogens (tertiary/aromatic N) is 3. The van der Waals surface area contributed by atoms with Gasteiger partial charge in [0.15, 0.2) is 5.17 Å². The van der Waals surface area contributed by atoms with E-state index in [1.54, 1.807) is 9.80 Å². The van der Waals surface area contributed by atoms with E-state index in [1.165, 1.54) is 11.8 Å². The zero-order valence-corrected chi connectivity index (χ0v) is 16.9. The topological polar surface area (TPSA) is 77.0 Å². The molecule has 0 aliphatic carbocycles. The fourth-order valence-corrected chi connectivity index (χ4v) is 4.42. The molecule has 2 aromatic rings. The summed E-state index contributed by atoms with van der Waals surface area (Å²) in [5, 5.41) is 0.538. The van der Waals surface area contributed by atoms with Gasteiger partial charge in [-0.25, -0.2) is 10.4 Å². The molecule has 2 amide bonds. The second-order valence-corrected chi connectivity index (χ2v) is 7.70. The lowest BCUT2D eigenvalue weighted by molar-refractivity contribution is -0.121. The van der Waals surface area contributed by atoms with Crippen molar-refractivity contribution < 1.29 is 9.59 Å². The Kier molecular flexibility index (Phi) is 5.94. The number of rotatable bonds is 5. The Labute approximate surface area is 174 Å². The van der Waals surface area contributed by atoms with E-state index in [-0.39, 0.29) is 29.7 Å². The molecule has 2 N–H and O–H groups in total. The number of amidine groups is 1. The lowest BCUT2D eigenvalue weighted by Gasteiger charge is -2.32. The van der Waals surface area contributed by atoms with Gasteiger partial charge < -0.3 is 4.90 Å². The lowest BCUT2D eigenvalue weighted by atomic mass is 10.1. The number of nitrogens with one attached hydrogen (secondary N) is 2. The fraction of sp³-hybridized carbons (Fsp3) is 0.286. The third kappa shape index (κ3) is 4.05. The van der Waals surface area contributed by atoms with E-state index in [1.807, 2.05) is 67.6 Å². The molecule has 29 heavy (non-hydrogen) atoms. The molecule has 2 aliphatic rings. The number of aliphatic imine (C=N–C) groups is 1. The minimum atomic E-state index is -0.309. The summed E-state index contributed by atoms with van der Waals surface area (Å²) in [7, 11) is 0. The number of anilines is 2. The number of carbonyl (C=O) groups is 2. The van der Waals surface area contributed by atoms with Crippen LogP contribution in [0.5, 0.6) is 0 Å². The third-order valence-corrected chi connectivity index (χ3v) is 5.89. The van der Waals surface area contributed by atoms with Crippen LogP contribution in [-0.2, 0) is 9.59 Å². The molecule has 4 rings (SSSR count). The maximum Gasteiger partial charge on any atom is 0.241 e. The highest BCUT2D eigenvalue weighted by molar-refractivity contribution is 8.14. The van der Waals surface area contributed by atoms with Gasteiger partial charge in [0, 0.05) is 18.8 Å². The van der Waals surface area contributed by atoms with E-state index in [2.05, 4.69) is 10.9 Å². The first kappa shape index (κ1) is 19.6. The summed E-state index contributed by atoms with van der Waals surface area (Å²) in [5.41, 5.74) is 7.68. The van der Waals surface area contributed by atoms with E-state index in [0.717, 1.165) is 11.4 Å². The predicted molar refractivity (Wildman–Crippen MR) is 117 cm³/mol. The third-order valence-electron chi connectivity index (χ3n) is 4.96. The smallest absolute Gasteiger partial charge is 0.241 e. The van der Waals surface area contributed by atoms with Crippen molar-refractivity contribution in [3.63, 3.8) is 0 Å². The van der Waals surface area contributed by atoms with Crippen molar-refractivity contribution in [1.29, 1.82) is 0 Å². The van der Waals surface area contributed by atoms with Gasteiger partial charge in [0.05, 0.1) is 17.4 Å². The van der Waals surface area contributed by atoms with Crippen LogP contribution in [0.2, 0.25) is 0 Å². The Morgan fingerprint density at radius 2 is 1.86 bits per heavy atom. The minimum Gasteiger partial charge on any atom is -0.312 e. The Hall–Kier alpha value is -2.68. The first-order valence-corrected chi connectivity index (χ1v) is 10.6. The van der Waals surface area contributed by atoms with Crippen molar-refractivity contribution in [3.8, 4) is 0 Å². The number of amides is 2. The van der Waals surface area contributed by atoms with Gasteiger partial charge in [-0.05, 0) is 31.2 Å². The van der Waals surface area contributed by atoms with Crippen molar-refractivity contribution in [2.45, 2.75) is 13.1 Å². The molecule has 0 radical (unpaired) electrons. The molecule has 2 heterocycles. The first-order chi connectivity index (χ1) is 14.2. The van der Waals surface area contributed by atoms with E-state index in [4.69, 9.17) is 4.99 Å². The Balaban J connectivity index is 1.55. The molecule has 0 saturated carbocycles. The normalized spacial score (nSPS) is 20.9. The van der Waals surface area contributed by atoms with Gasteiger partial charge in [-0.3, -0.25) is 19.9 Å². The SMILES string of the molecule is CCN(C(=O)CSC1=NC2NNCC2C(=O)N1c1ccccc1)c1ccccc1. The van der Waals surface area contributed by atoms with Gasteiger partial charge in [-0.1, -0.05) is 48.2 Å². The molecule has 1 saturated heterocycles. The van der Waals surface area contributed by atoms with E-state index in [0.29, 0.717) is 18.3 Å². The van der Waals surface area contributed by atoms with E-state index < -0.39 is 0 Å². The summed E-state index contributed by atoms with van der Waals surface area (Å²) in [6.45, 7) is 3.06. The standard InChI is InChI=1S/C21H23N5O2S/c1-2-25(15-9-5-3-6-10-15)18(27)14-29-21-23-19-17(13-22-24-19)20(28)26(21)16-11-7-4-8-12-16/h3-12,17,19,22,24H,2,13-14H2,1H3. The van der Waals surface area contributed by atoms with Gasteiger partial charge >= 0.3 is 0 Å². The number of hydrogen-bond donors (Lipinski definition) is 2. The predicted octanol–water partition coefficient (Wildman–Crippen LogP) is 2.23. The molecule has 2 aromatic carbocycles. The van der Waals surface area contributed by atoms with Crippen LogP contribution in [0.1, 0.15) is 6.92 Å². The van der Waals surface area contributed by atoms with Crippen molar-refractivity contribution in [2.75, 3.05) is 28.6 Å². The highest BCUT2D eigenvalue weighted by Gasteiger charge is 2.42. The van der Waals surface area contributed by atoms with Crippen LogP contribution in [0.3, 0.4) is 0 Å². The van der Waals surface area contributed by atoms with Crippen molar-refractivity contribution in [3.05, 3.63) is 60.7 Å². The molecule has 2 unspecified atom stereocenters. The fourth-order valence-electron chi connectivity index (χ4n) is 3.50. The first-order valence-electron chi connectivity index (χ1n) is 9.62. The van der Waals surface area contributed by atoms with Crippen LogP contribution >= 0.6 is 11.8 Å². The van der Waals surface area contributed by atoms with Crippen LogP contribution in [0, 0.1) is 5.92 Å². The second kappa shape index (κ2) is 8.77. The van der Waals surface area contributed by atoms with Gasteiger partial charge in [0.25, 0.3) is 0 Å². The summed E-state index contributed by atoms with van der Waals surface area (Å²) in [5.74, 6) is -0.0968. The molecule has 2 atom stereocenters. The van der Waals surface area contributed by atoms with Gasteiger partial charge in [-0.2, -0.15) is 0 Å². The average Bonchev–Trinajstić information content (AvgIpc) is 3.23. The summed E-state index contributed by atoms with van der Waals surface area (Å²) >= 11 is 1.30. The monoisotopic (exact) mass is 409 g/mol. The zero-order valence-electron chi connectivity index (χ0n) is 16.1. The van der Waals surface area contributed by atoms with Crippen LogP contribution < -0.4 is 20.7 Å².